The topological polar surface area (TPSA) is 26.7 Å². The summed E-state index contributed by atoms with van der Waals surface area (Å²) in [5.74, 6) is 0.996. The average molecular weight is 266 g/mol. The predicted octanol–water partition coefficient (Wildman–Crippen LogP) is 2.10. The number of nitrogens with zero attached hydrogens (tertiary/aromatic N) is 2. The summed E-state index contributed by atoms with van der Waals surface area (Å²) >= 11 is 0. The molecule has 0 aromatic rings. The number of aliphatic hydroxyl groups excluding tert-OH is 1. The summed E-state index contributed by atoms with van der Waals surface area (Å²) in [7, 11) is 0. The standard InChI is InChI=1S/C16H30N2O/c19-11-8-16-13-17(12-14-6-7-14)9-10-18(16)15-4-2-1-3-5-15/h14-16,19H,1-13H2/t16-/m0/s1. The first-order chi connectivity index (χ1) is 9.36. The van der Waals surface area contributed by atoms with Crippen LogP contribution in [0.15, 0.2) is 0 Å². The molecule has 2 aliphatic carbocycles. The van der Waals surface area contributed by atoms with Gasteiger partial charge in [0.15, 0.2) is 0 Å². The molecule has 1 N–H and O–H groups in total. The lowest BCUT2D eigenvalue weighted by Crippen LogP contribution is -2.57. The lowest BCUT2D eigenvalue weighted by Gasteiger charge is -2.46. The molecule has 1 saturated heterocycles. The van der Waals surface area contributed by atoms with Gasteiger partial charge in [0, 0.05) is 44.9 Å². The van der Waals surface area contributed by atoms with Crippen LogP contribution < -0.4 is 0 Å². The highest BCUT2D eigenvalue weighted by molar-refractivity contribution is 4.89. The van der Waals surface area contributed by atoms with Crippen molar-refractivity contribution in [1.82, 2.24) is 9.80 Å². The molecule has 0 aromatic carbocycles. The molecule has 0 bridgehead atoms. The van der Waals surface area contributed by atoms with Crippen LogP contribution in [-0.4, -0.2) is 59.8 Å². The zero-order chi connectivity index (χ0) is 13.1. The van der Waals surface area contributed by atoms with Gasteiger partial charge in [-0.25, -0.2) is 0 Å². The van der Waals surface area contributed by atoms with Gasteiger partial charge in [-0.15, -0.1) is 0 Å². The van der Waals surface area contributed by atoms with Crippen molar-refractivity contribution in [3.05, 3.63) is 0 Å². The molecule has 110 valence electrons. The quantitative estimate of drug-likeness (QED) is 0.825. The van der Waals surface area contributed by atoms with Crippen LogP contribution in [0.5, 0.6) is 0 Å². The second-order valence-electron chi connectivity index (χ2n) is 6.90. The molecular formula is C16H30N2O. The van der Waals surface area contributed by atoms with E-state index >= 15 is 0 Å². The number of hydrogen-bond acceptors (Lipinski definition) is 3. The molecule has 3 rings (SSSR count). The summed E-state index contributed by atoms with van der Waals surface area (Å²) in [5, 5.41) is 9.37. The molecule has 2 saturated carbocycles. The molecule has 3 nitrogen and oxygen atoms in total. The van der Waals surface area contributed by atoms with Crippen LogP contribution in [0.1, 0.15) is 51.4 Å². The zero-order valence-electron chi connectivity index (χ0n) is 12.3. The maximum absolute atomic E-state index is 9.37. The summed E-state index contributed by atoms with van der Waals surface area (Å²) in [6, 6.07) is 1.42. The van der Waals surface area contributed by atoms with Gasteiger partial charge in [-0.05, 0) is 38.0 Å². The third kappa shape index (κ3) is 3.71. The van der Waals surface area contributed by atoms with Crippen LogP contribution in [0, 0.1) is 5.92 Å². The van der Waals surface area contributed by atoms with Crippen LogP contribution in [0.3, 0.4) is 0 Å². The molecule has 0 radical (unpaired) electrons. The van der Waals surface area contributed by atoms with Gasteiger partial charge in [0.2, 0.25) is 0 Å². The highest BCUT2D eigenvalue weighted by atomic mass is 16.3. The minimum absolute atomic E-state index is 0.352. The third-order valence-corrected chi connectivity index (χ3v) is 5.33. The van der Waals surface area contributed by atoms with Gasteiger partial charge in [-0.3, -0.25) is 4.90 Å². The Hall–Kier alpha value is -0.120. The molecule has 0 unspecified atom stereocenters. The Bertz CT molecular complexity index is 274. The van der Waals surface area contributed by atoms with Gasteiger partial charge in [0.1, 0.15) is 0 Å². The van der Waals surface area contributed by atoms with Crippen LogP contribution in [-0.2, 0) is 0 Å². The lowest BCUT2D eigenvalue weighted by molar-refractivity contribution is 0.0150. The SMILES string of the molecule is OCC[C@H]1CN(CC2CC2)CCN1C1CCCCC1. The van der Waals surface area contributed by atoms with Crippen LogP contribution in [0.2, 0.25) is 0 Å². The van der Waals surface area contributed by atoms with E-state index in [-0.39, 0.29) is 0 Å². The maximum atomic E-state index is 9.37. The first-order valence-electron chi connectivity index (χ1n) is 8.46. The van der Waals surface area contributed by atoms with E-state index in [4.69, 9.17) is 0 Å². The molecule has 19 heavy (non-hydrogen) atoms. The second-order valence-corrected chi connectivity index (χ2v) is 6.90. The third-order valence-electron chi connectivity index (χ3n) is 5.33. The van der Waals surface area contributed by atoms with E-state index in [1.807, 2.05) is 0 Å². The normalized spacial score (nSPS) is 31.7. The fraction of sp³-hybridized carbons (Fsp3) is 1.00. The van der Waals surface area contributed by atoms with E-state index in [0.717, 1.165) is 18.4 Å². The Kier molecular flexibility index (Phi) is 4.78. The largest absolute Gasteiger partial charge is 0.396 e. The van der Waals surface area contributed by atoms with Crippen molar-refractivity contribution in [3.8, 4) is 0 Å². The van der Waals surface area contributed by atoms with Gasteiger partial charge < -0.3 is 10.0 Å². The fourth-order valence-electron chi connectivity index (χ4n) is 4.06. The van der Waals surface area contributed by atoms with Gasteiger partial charge in [-0.2, -0.15) is 0 Å². The molecule has 3 aliphatic rings. The Morgan fingerprint density at radius 3 is 2.42 bits per heavy atom. The molecule has 1 atom stereocenters. The van der Waals surface area contributed by atoms with E-state index in [2.05, 4.69) is 9.80 Å². The molecule has 3 heteroatoms. The van der Waals surface area contributed by atoms with Crippen molar-refractivity contribution in [2.75, 3.05) is 32.8 Å². The Morgan fingerprint density at radius 2 is 1.74 bits per heavy atom. The molecular weight excluding hydrogens is 236 g/mol. The van der Waals surface area contributed by atoms with E-state index in [1.165, 1.54) is 71.1 Å². The van der Waals surface area contributed by atoms with Crippen molar-refractivity contribution >= 4 is 0 Å². The highest BCUT2D eigenvalue weighted by Gasteiger charge is 2.34. The van der Waals surface area contributed by atoms with Crippen molar-refractivity contribution < 1.29 is 5.11 Å². The van der Waals surface area contributed by atoms with Crippen molar-refractivity contribution in [3.63, 3.8) is 0 Å². The first-order valence-corrected chi connectivity index (χ1v) is 8.46. The highest BCUT2D eigenvalue weighted by Crippen LogP contribution is 2.32. The summed E-state index contributed by atoms with van der Waals surface area (Å²) in [6.07, 6.45) is 10.9. The summed E-state index contributed by atoms with van der Waals surface area (Å²) in [5.41, 5.74) is 0. The number of aliphatic hydroxyl groups is 1. The van der Waals surface area contributed by atoms with Gasteiger partial charge in [0.25, 0.3) is 0 Å². The van der Waals surface area contributed by atoms with Gasteiger partial charge in [0.05, 0.1) is 0 Å². The van der Waals surface area contributed by atoms with Crippen molar-refractivity contribution in [2.45, 2.75) is 63.5 Å². The number of piperazine rings is 1. The smallest absolute Gasteiger partial charge is 0.0446 e. The minimum atomic E-state index is 0.352. The second kappa shape index (κ2) is 6.55. The molecule has 3 fully saturated rings. The van der Waals surface area contributed by atoms with E-state index in [0.29, 0.717) is 12.6 Å². The van der Waals surface area contributed by atoms with Crippen LogP contribution in [0.25, 0.3) is 0 Å². The summed E-state index contributed by atoms with van der Waals surface area (Å²) < 4.78 is 0. The molecule has 1 heterocycles. The minimum Gasteiger partial charge on any atom is -0.396 e. The first kappa shape index (κ1) is 13.8. The average Bonchev–Trinajstić information content (AvgIpc) is 3.24. The van der Waals surface area contributed by atoms with Crippen LogP contribution >= 0.6 is 0 Å². The zero-order valence-corrected chi connectivity index (χ0v) is 12.3. The van der Waals surface area contributed by atoms with Gasteiger partial charge in [-0.1, -0.05) is 19.3 Å². The van der Waals surface area contributed by atoms with E-state index < -0.39 is 0 Å². The molecule has 0 aromatic heterocycles. The Labute approximate surface area is 118 Å². The summed E-state index contributed by atoms with van der Waals surface area (Å²) in [4.78, 5) is 5.41. The van der Waals surface area contributed by atoms with E-state index in [9.17, 15) is 5.11 Å². The monoisotopic (exact) mass is 266 g/mol. The Morgan fingerprint density at radius 1 is 0.947 bits per heavy atom. The molecule has 1 aliphatic heterocycles. The van der Waals surface area contributed by atoms with Gasteiger partial charge >= 0.3 is 0 Å². The molecule has 0 amide bonds. The number of rotatable bonds is 5. The van der Waals surface area contributed by atoms with Crippen molar-refractivity contribution in [2.24, 2.45) is 5.92 Å². The fourth-order valence-corrected chi connectivity index (χ4v) is 4.06. The number of hydrogen-bond donors (Lipinski definition) is 1. The Balaban J connectivity index is 1.56. The van der Waals surface area contributed by atoms with E-state index in [1.54, 1.807) is 0 Å². The van der Waals surface area contributed by atoms with Crippen molar-refractivity contribution in [1.29, 1.82) is 0 Å². The summed E-state index contributed by atoms with van der Waals surface area (Å²) in [6.45, 7) is 5.37. The lowest BCUT2D eigenvalue weighted by atomic mass is 9.92. The van der Waals surface area contributed by atoms with Crippen LogP contribution in [0.4, 0.5) is 0 Å². The maximum Gasteiger partial charge on any atom is 0.0446 e. The molecule has 0 spiro atoms. The predicted molar refractivity (Wildman–Crippen MR) is 78.2 cm³/mol.